The summed E-state index contributed by atoms with van der Waals surface area (Å²) in [6, 6.07) is 0. The van der Waals surface area contributed by atoms with Crippen molar-refractivity contribution in [3.05, 3.63) is 0 Å². The Morgan fingerprint density at radius 3 is 1.82 bits per heavy atom. The van der Waals surface area contributed by atoms with Crippen molar-refractivity contribution in [2.45, 2.75) is 47.5 Å². The van der Waals surface area contributed by atoms with Crippen LogP contribution in [0.1, 0.15) is 47.5 Å². The molecule has 0 spiro atoms. The molecule has 0 bridgehead atoms. The highest BCUT2D eigenvalue weighted by molar-refractivity contribution is 4.99. The van der Waals surface area contributed by atoms with Gasteiger partial charge in [0.25, 0.3) is 0 Å². The normalized spacial score (nSPS) is 44.2. The quantitative estimate of drug-likeness (QED) is 0.568. The van der Waals surface area contributed by atoms with Crippen molar-refractivity contribution < 1.29 is 0 Å². The van der Waals surface area contributed by atoms with Crippen LogP contribution < -0.4 is 0 Å². The molecule has 0 heteroatoms. The molecular formula is C11H22. The van der Waals surface area contributed by atoms with Crippen molar-refractivity contribution in [1.29, 1.82) is 0 Å². The van der Waals surface area contributed by atoms with Crippen LogP contribution in [0.3, 0.4) is 0 Å². The van der Waals surface area contributed by atoms with Crippen LogP contribution in [0.15, 0.2) is 0 Å². The van der Waals surface area contributed by atoms with E-state index in [-0.39, 0.29) is 0 Å². The van der Waals surface area contributed by atoms with Crippen LogP contribution >= 0.6 is 0 Å². The van der Waals surface area contributed by atoms with Crippen molar-refractivity contribution in [2.75, 3.05) is 0 Å². The van der Waals surface area contributed by atoms with E-state index in [2.05, 4.69) is 34.6 Å². The van der Waals surface area contributed by atoms with Gasteiger partial charge < -0.3 is 0 Å². The van der Waals surface area contributed by atoms with Gasteiger partial charge in [0.2, 0.25) is 0 Å². The summed E-state index contributed by atoms with van der Waals surface area (Å²) in [4.78, 5) is 0. The van der Waals surface area contributed by atoms with Gasteiger partial charge in [-0.15, -0.1) is 0 Å². The molecule has 66 valence electrons. The van der Waals surface area contributed by atoms with Crippen LogP contribution in [0.2, 0.25) is 0 Å². The minimum Gasteiger partial charge on any atom is -0.0648 e. The third kappa shape index (κ3) is 1.02. The van der Waals surface area contributed by atoms with Crippen LogP contribution in [0, 0.1) is 23.2 Å². The molecule has 0 amide bonds. The zero-order valence-corrected chi connectivity index (χ0v) is 8.65. The third-order valence-corrected chi connectivity index (χ3v) is 4.23. The Kier molecular flexibility index (Phi) is 2.32. The molecule has 1 fully saturated rings. The molecule has 0 saturated heterocycles. The molecule has 0 radical (unpaired) electrons. The van der Waals surface area contributed by atoms with Gasteiger partial charge in [0.15, 0.2) is 0 Å². The first-order valence-corrected chi connectivity index (χ1v) is 5.05. The standard InChI is InChI=1S/C11H22/c1-6-11(8(2)3)9(4)7-10(11)5/h8-10H,6-7H2,1-5H3. The summed E-state index contributed by atoms with van der Waals surface area (Å²) in [5, 5.41) is 0. The van der Waals surface area contributed by atoms with Gasteiger partial charge in [0.1, 0.15) is 0 Å². The van der Waals surface area contributed by atoms with Crippen LogP contribution in [0.5, 0.6) is 0 Å². The Morgan fingerprint density at radius 2 is 1.73 bits per heavy atom. The van der Waals surface area contributed by atoms with Gasteiger partial charge in [-0.05, 0) is 36.0 Å². The van der Waals surface area contributed by atoms with Crippen molar-refractivity contribution >= 4 is 0 Å². The second kappa shape index (κ2) is 2.80. The fourth-order valence-corrected chi connectivity index (χ4v) is 3.54. The molecule has 2 atom stereocenters. The predicted octanol–water partition coefficient (Wildman–Crippen LogP) is 3.71. The number of hydrogen-bond acceptors (Lipinski definition) is 0. The Morgan fingerprint density at radius 1 is 1.27 bits per heavy atom. The molecule has 1 saturated carbocycles. The summed E-state index contributed by atoms with van der Waals surface area (Å²) >= 11 is 0. The van der Waals surface area contributed by atoms with Gasteiger partial charge in [-0.3, -0.25) is 0 Å². The van der Waals surface area contributed by atoms with Gasteiger partial charge >= 0.3 is 0 Å². The van der Waals surface area contributed by atoms with E-state index in [0.717, 1.165) is 17.8 Å². The fourth-order valence-electron chi connectivity index (χ4n) is 3.54. The van der Waals surface area contributed by atoms with Gasteiger partial charge in [-0.2, -0.15) is 0 Å². The van der Waals surface area contributed by atoms with E-state index in [0.29, 0.717) is 5.41 Å². The van der Waals surface area contributed by atoms with Gasteiger partial charge in [0, 0.05) is 0 Å². The third-order valence-electron chi connectivity index (χ3n) is 4.23. The molecule has 1 aliphatic carbocycles. The lowest BCUT2D eigenvalue weighted by Gasteiger charge is -2.57. The second-order valence-electron chi connectivity index (χ2n) is 4.66. The molecule has 1 rings (SSSR count). The molecule has 0 aromatic heterocycles. The lowest BCUT2D eigenvalue weighted by Crippen LogP contribution is -2.49. The molecule has 1 aliphatic rings. The maximum absolute atomic E-state index is 2.42. The fraction of sp³-hybridized carbons (Fsp3) is 1.00. The largest absolute Gasteiger partial charge is 0.0648 e. The summed E-state index contributed by atoms with van der Waals surface area (Å²) in [6.45, 7) is 12.0. The molecule has 0 aliphatic heterocycles. The summed E-state index contributed by atoms with van der Waals surface area (Å²) in [5.41, 5.74) is 0.681. The van der Waals surface area contributed by atoms with E-state index >= 15 is 0 Å². The topological polar surface area (TPSA) is 0 Å². The minimum atomic E-state index is 0.681. The minimum absolute atomic E-state index is 0.681. The smallest absolute Gasteiger partial charge is 0.0226 e. The molecule has 0 aromatic carbocycles. The lowest BCUT2D eigenvalue weighted by molar-refractivity contribution is -0.0776. The van der Waals surface area contributed by atoms with Gasteiger partial charge in [0.05, 0.1) is 0 Å². The zero-order chi connectivity index (χ0) is 8.65. The first-order valence-electron chi connectivity index (χ1n) is 5.05. The Labute approximate surface area is 71.4 Å². The first kappa shape index (κ1) is 9.09. The van der Waals surface area contributed by atoms with Crippen molar-refractivity contribution in [3.8, 4) is 0 Å². The summed E-state index contributed by atoms with van der Waals surface area (Å²) in [7, 11) is 0. The average molecular weight is 154 g/mol. The monoisotopic (exact) mass is 154 g/mol. The van der Waals surface area contributed by atoms with E-state index in [9.17, 15) is 0 Å². The van der Waals surface area contributed by atoms with Crippen LogP contribution in [0.4, 0.5) is 0 Å². The van der Waals surface area contributed by atoms with Gasteiger partial charge in [-0.1, -0.05) is 34.6 Å². The van der Waals surface area contributed by atoms with E-state index in [1.54, 1.807) is 0 Å². The Bertz CT molecular complexity index is 117. The van der Waals surface area contributed by atoms with E-state index in [1.807, 2.05) is 0 Å². The molecular weight excluding hydrogens is 132 g/mol. The van der Waals surface area contributed by atoms with Gasteiger partial charge in [-0.25, -0.2) is 0 Å². The molecule has 0 aromatic rings. The summed E-state index contributed by atoms with van der Waals surface area (Å²) < 4.78 is 0. The van der Waals surface area contributed by atoms with Crippen molar-refractivity contribution in [2.24, 2.45) is 23.2 Å². The average Bonchev–Trinajstić information content (AvgIpc) is 1.88. The Balaban J connectivity index is 2.74. The highest BCUT2D eigenvalue weighted by atomic mass is 14.5. The van der Waals surface area contributed by atoms with Crippen molar-refractivity contribution in [3.63, 3.8) is 0 Å². The maximum atomic E-state index is 2.42. The van der Waals surface area contributed by atoms with Crippen LogP contribution in [-0.4, -0.2) is 0 Å². The van der Waals surface area contributed by atoms with Crippen molar-refractivity contribution in [1.82, 2.24) is 0 Å². The van der Waals surface area contributed by atoms with E-state index in [4.69, 9.17) is 0 Å². The maximum Gasteiger partial charge on any atom is -0.0226 e. The second-order valence-corrected chi connectivity index (χ2v) is 4.66. The SMILES string of the molecule is CCC1(C(C)C)C(C)CC1C. The van der Waals surface area contributed by atoms with E-state index < -0.39 is 0 Å². The molecule has 0 heterocycles. The van der Waals surface area contributed by atoms with Crippen LogP contribution in [0.25, 0.3) is 0 Å². The molecule has 11 heavy (non-hydrogen) atoms. The zero-order valence-electron chi connectivity index (χ0n) is 8.65. The molecule has 2 unspecified atom stereocenters. The molecule has 0 nitrogen and oxygen atoms in total. The van der Waals surface area contributed by atoms with E-state index in [1.165, 1.54) is 12.8 Å². The Hall–Kier alpha value is 0. The molecule has 0 N–H and O–H groups in total. The number of hydrogen-bond donors (Lipinski definition) is 0. The summed E-state index contributed by atoms with van der Waals surface area (Å²) in [6.07, 6.45) is 2.82. The number of rotatable bonds is 2. The van der Waals surface area contributed by atoms with Crippen LogP contribution in [-0.2, 0) is 0 Å². The predicted molar refractivity (Wildman–Crippen MR) is 50.5 cm³/mol. The highest BCUT2D eigenvalue weighted by Gasteiger charge is 2.50. The summed E-state index contributed by atoms with van der Waals surface area (Å²) in [5.74, 6) is 2.79. The lowest BCUT2D eigenvalue weighted by atomic mass is 9.48. The highest BCUT2D eigenvalue weighted by Crippen LogP contribution is 2.58. The first-order chi connectivity index (χ1) is 5.05.